The van der Waals surface area contributed by atoms with Crippen LogP contribution in [0.1, 0.15) is 18.4 Å². The molecule has 2 rings (SSSR count). The fourth-order valence-corrected chi connectivity index (χ4v) is 2.68. The maximum Gasteiger partial charge on any atom is 0.226 e. The van der Waals surface area contributed by atoms with E-state index in [4.69, 9.17) is 16.3 Å². The smallest absolute Gasteiger partial charge is 0.226 e. The Morgan fingerprint density at radius 1 is 1.30 bits per heavy atom. The number of benzene rings is 1. The number of nitrogens with zero attached hydrogens (tertiary/aromatic N) is 1. The average Bonchev–Trinajstić information content (AvgIpc) is 2.48. The Bertz CT molecular complexity index is 430. The number of ether oxygens (including phenoxy) is 1. The highest BCUT2D eigenvalue weighted by Gasteiger charge is 2.22. The highest BCUT2D eigenvalue weighted by molar-refractivity contribution is 9.09. The van der Waals surface area contributed by atoms with Gasteiger partial charge in [-0.3, -0.25) is 4.79 Å². The largest absolute Gasteiger partial charge is 0.377 e. The molecule has 0 radical (unpaired) electrons. The fourth-order valence-electron chi connectivity index (χ4n) is 2.37. The Labute approximate surface area is 133 Å². The summed E-state index contributed by atoms with van der Waals surface area (Å²) in [5.74, 6) is 0.186. The van der Waals surface area contributed by atoms with E-state index < -0.39 is 0 Å². The van der Waals surface area contributed by atoms with Gasteiger partial charge in [0.15, 0.2) is 0 Å². The first-order chi connectivity index (χ1) is 9.69. The molecule has 1 aromatic carbocycles. The van der Waals surface area contributed by atoms with Crippen LogP contribution >= 0.6 is 27.5 Å². The average molecular weight is 361 g/mol. The summed E-state index contributed by atoms with van der Waals surface area (Å²) in [6.45, 7) is 2.32. The van der Waals surface area contributed by atoms with Crippen LogP contribution in [0.15, 0.2) is 24.3 Å². The summed E-state index contributed by atoms with van der Waals surface area (Å²) in [5.41, 5.74) is 1.01. The molecule has 110 valence electrons. The summed E-state index contributed by atoms with van der Waals surface area (Å²) in [7, 11) is 0. The van der Waals surface area contributed by atoms with E-state index in [2.05, 4.69) is 15.9 Å². The maximum absolute atomic E-state index is 12.2. The van der Waals surface area contributed by atoms with Crippen LogP contribution in [0.25, 0.3) is 0 Å². The van der Waals surface area contributed by atoms with Gasteiger partial charge < -0.3 is 9.64 Å². The molecule has 0 spiro atoms. The van der Waals surface area contributed by atoms with Crippen molar-refractivity contribution in [2.24, 2.45) is 0 Å². The Kier molecular flexibility index (Phi) is 6.33. The van der Waals surface area contributed by atoms with Gasteiger partial charge in [-0.2, -0.15) is 0 Å². The van der Waals surface area contributed by atoms with Crippen LogP contribution in [-0.2, 0) is 16.0 Å². The van der Waals surface area contributed by atoms with Gasteiger partial charge in [0.05, 0.1) is 19.1 Å². The SMILES string of the molecule is O=C(Cc1ccc(Cl)cc1)N1CCC(OCCBr)CC1. The number of carbonyl (C=O) groups excluding carboxylic acids is 1. The molecule has 0 aromatic heterocycles. The molecular formula is C15H19BrClNO2. The first kappa shape index (κ1) is 15.8. The summed E-state index contributed by atoms with van der Waals surface area (Å²) in [5, 5.41) is 1.56. The summed E-state index contributed by atoms with van der Waals surface area (Å²) in [4.78, 5) is 14.2. The second-order valence-corrected chi connectivity index (χ2v) is 6.17. The number of hydrogen-bond donors (Lipinski definition) is 0. The molecule has 1 aliphatic rings. The molecule has 1 aliphatic heterocycles. The van der Waals surface area contributed by atoms with Gasteiger partial charge in [-0.1, -0.05) is 39.7 Å². The summed E-state index contributed by atoms with van der Waals surface area (Å²) < 4.78 is 5.69. The van der Waals surface area contributed by atoms with Gasteiger partial charge in [0, 0.05) is 23.4 Å². The standard InChI is InChI=1S/C15H19BrClNO2/c16-7-10-20-14-5-8-18(9-6-14)15(19)11-12-1-3-13(17)4-2-12/h1-4,14H,5-11H2. The number of hydrogen-bond acceptors (Lipinski definition) is 2. The number of amides is 1. The number of alkyl halides is 1. The Hall–Kier alpha value is -0.580. The second-order valence-electron chi connectivity index (χ2n) is 4.94. The molecule has 1 aromatic rings. The second kappa shape index (κ2) is 8.01. The monoisotopic (exact) mass is 359 g/mol. The van der Waals surface area contributed by atoms with Crippen LogP contribution < -0.4 is 0 Å². The minimum atomic E-state index is 0.186. The van der Waals surface area contributed by atoms with Gasteiger partial charge in [-0.05, 0) is 30.5 Å². The van der Waals surface area contributed by atoms with Crippen LogP contribution in [0.5, 0.6) is 0 Å². The van der Waals surface area contributed by atoms with Crippen molar-refractivity contribution < 1.29 is 9.53 Å². The molecule has 1 amide bonds. The van der Waals surface area contributed by atoms with E-state index >= 15 is 0 Å². The zero-order chi connectivity index (χ0) is 14.4. The molecule has 0 N–H and O–H groups in total. The van der Waals surface area contributed by atoms with E-state index in [0.29, 0.717) is 17.5 Å². The van der Waals surface area contributed by atoms with Crippen molar-refractivity contribution in [1.29, 1.82) is 0 Å². The topological polar surface area (TPSA) is 29.5 Å². The Morgan fingerprint density at radius 3 is 2.55 bits per heavy atom. The Morgan fingerprint density at radius 2 is 1.95 bits per heavy atom. The molecule has 1 fully saturated rings. The van der Waals surface area contributed by atoms with E-state index in [-0.39, 0.29) is 5.91 Å². The van der Waals surface area contributed by atoms with Crippen LogP contribution in [0, 0.1) is 0 Å². The van der Waals surface area contributed by atoms with Gasteiger partial charge in [0.1, 0.15) is 0 Å². The van der Waals surface area contributed by atoms with Gasteiger partial charge in [0.25, 0.3) is 0 Å². The quantitative estimate of drug-likeness (QED) is 0.754. The van der Waals surface area contributed by atoms with E-state index in [1.54, 1.807) is 0 Å². The minimum absolute atomic E-state index is 0.186. The summed E-state index contributed by atoms with van der Waals surface area (Å²) in [6.07, 6.45) is 2.61. The van der Waals surface area contributed by atoms with Gasteiger partial charge in [0.2, 0.25) is 5.91 Å². The first-order valence-corrected chi connectivity index (χ1v) is 8.39. The molecule has 0 aliphatic carbocycles. The van der Waals surface area contributed by atoms with E-state index in [9.17, 15) is 4.79 Å². The number of carbonyl (C=O) groups is 1. The summed E-state index contributed by atoms with van der Waals surface area (Å²) >= 11 is 9.20. The normalized spacial score (nSPS) is 16.4. The zero-order valence-corrected chi connectivity index (χ0v) is 13.7. The van der Waals surface area contributed by atoms with Crippen molar-refractivity contribution in [1.82, 2.24) is 4.90 Å². The maximum atomic E-state index is 12.2. The predicted octanol–water partition coefficient (Wildman–Crippen LogP) is 3.29. The third kappa shape index (κ3) is 4.76. The third-order valence-corrected chi connectivity index (χ3v) is 4.07. The van der Waals surface area contributed by atoms with Crippen LogP contribution in [-0.4, -0.2) is 41.9 Å². The lowest BCUT2D eigenvalue weighted by molar-refractivity contribution is -0.133. The van der Waals surface area contributed by atoms with E-state index in [1.807, 2.05) is 29.2 Å². The van der Waals surface area contributed by atoms with Crippen LogP contribution in [0.2, 0.25) is 5.02 Å². The highest BCUT2D eigenvalue weighted by Crippen LogP contribution is 2.16. The molecule has 0 bridgehead atoms. The fraction of sp³-hybridized carbons (Fsp3) is 0.533. The number of rotatable bonds is 5. The third-order valence-electron chi connectivity index (χ3n) is 3.49. The lowest BCUT2D eigenvalue weighted by Gasteiger charge is -2.32. The molecule has 1 saturated heterocycles. The minimum Gasteiger partial charge on any atom is -0.377 e. The van der Waals surface area contributed by atoms with E-state index in [1.165, 1.54) is 0 Å². The van der Waals surface area contributed by atoms with Crippen molar-refractivity contribution in [3.63, 3.8) is 0 Å². The van der Waals surface area contributed by atoms with Gasteiger partial charge >= 0.3 is 0 Å². The zero-order valence-electron chi connectivity index (χ0n) is 11.4. The first-order valence-electron chi connectivity index (χ1n) is 6.89. The molecule has 20 heavy (non-hydrogen) atoms. The molecule has 0 saturated carbocycles. The molecular weight excluding hydrogens is 342 g/mol. The molecule has 0 unspecified atom stereocenters. The lowest BCUT2D eigenvalue weighted by atomic mass is 10.1. The molecule has 5 heteroatoms. The van der Waals surface area contributed by atoms with E-state index in [0.717, 1.165) is 43.4 Å². The number of halogens is 2. The number of likely N-dealkylation sites (tertiary alicyclic amines) is 1. The predicted molar refractivity (Wildman–Crippen MR) is 84.5 cm³/mol. The van der Waals surface area contributed by atoms with Crippen LogP contribution in [0.3, 0.4) is 0 Å². The van der Waals surface area contributed by atoms with Crippen molar-refractivity contribution in [2.45, 2.75) is 25.4 Å². The Balaban J connectivity index is 1.78. The number of piperidine rings is 1. The van der Waals surface area contributed by atoms with Crippen molar-refractivity contribution in [3.8, 4) is 0 Å². The van der Waals surface area contributed by atoms with Crippen molar-refractivity contribution in [2.75, 3.05) is 25.0 Å². The lowest BCUT2D eigenvalue weighted by Crippen LogP contribution is -2.41. The van der Waals surface area contributed by atoms with Gasteiger partial charge in [-0.25, -0.2) is 0 Å². The van der Waals surface area contributed by atoms with Crippen LogP contribution in [0.4, 0.5) is 0 Å². The van der Waals surface area contributed by atoms with Gasteiger partial charge in [-0.15, -0.1) is 0 Å². The van der Waals surface area contributed by atoms with Crippen molar-refractivity contribution in [3.05, 3.63) is 34.9 Å². The molecule has 1 heterocycles. The summed E-state index contributed by atoms with van der Waals surface area (Å²) in [6, 6.07) is 7.47. The molecule has 3 nitrogen and oxygen atoms in total. The molecule has 0 atom stereocenters. The highest BCUT2D eigenvalue weighted by atomic mass is 79.9. The van der Waals surface area contributed by atoms with Crippen molar-refractivity contribution >= 4 is 33.4 Å².